The number of pyridine rings is 1. The maximum atomic E-state index is 12.6. The van der Waals surface area contributed by atoms with Crippen molar-refractivity contribution in [1.29, 1.82) is 0 Å². The molecule has 29 heavy (non-hydrogen) atoms. The van der Waals surface area contributed by atoms with E-state index in [1.807, 2.05) is 47.5 Å². The third kappa shape index (κ3) is 3.53. The molecule has 6 nitrogen and oxygen atoms in total. The smallest absolute Gasteiger partial charge is 0.253 e. The van der Waals surface area contributed by atoms with E-state index in [1.165, 1.54) is 0 Å². The zero-order valence-corrected chi connectivity index (χ0v) is 16.2. The standard InChI is InChI=1S/C23H23N5O/c29-23(18-4-2-1-3-5-18)27-11-8-17(9-12-27)16-28-13-10-21-22(28)7-6-20(26-21)19-14-24-25-15-19/h1-7,10,13-15,17H,8-9,11-12,16H2,(H,24,25). The molecule has 4 aromatic rings. The largest absolute Gasteiger partial charge is 0.346 e. The number of fused-ring (bicyclic) bond motifs is 1. The normalized spacial score (nSPS) is 15.1. The molecule has 0 spiro atoms. The van der Waals surface area contributed by atoms with Crippen LogP contribution in [0.1, 0.15) is 23.2 Å². The van der Waals surface area contributed by atoms with Crippen LogP contribution < -0.4 is 0 Å². The molecule has 146 valence electrons. The lowest BCUT2D eigenvalue weighted by atomic mass is 9.96. The van der Waals surface area contributed by atoms with Crippen molar-refractivity contribution in [2.45, 2.75) is 19.4 Å². The van der Waals surface area contributed by atoms with Gasteiger partial charge in [-0.1, -0.05) is 18.2 Å². The molecule has 1 aliphatic heterocycles. The van der Waals surface area contributed by atoms with Gasteiger partial charge in [-0.15, -0.1) is 0 Å². The predicted octanol–water partition coefficient (Wildman–Crippen LogP) is 3.98. The summed E-state index contributed by atoms with van der Waals surface area (Å²) in [5.41, 5.74) is 4.86. The molecule has 3 aromatic heterocycles. The number of carbonyl (C=O) groups excluding carboxylic acids is 1. The zero-order chi connectivity index (χ0) is 19.6. The molecule has 0 bridgehead atoms. The SMILES string of the molecule is O=C(c1ccccc1)N1CCC(Cn2ccc3nc(-c4cn[nH]c4)ccc32)CC1. The summed E-state index contributed by atoms with van der Waals surface area (Å²) in [7, 11) is 0. The second-order valence-corrected chi connectivity index (χ2v) is 7.66. The number of likely N-dealkylation sites (tertiary alicyclic amines) is 1. The molecule has 1 fully saturated rings. The van der Waals surface area contributed by atoms with Crippen LogP contribution in [0, 0.1) is 5.92 Å². The second-order valence-electron chi connectivity index (χ2n) is 7.66. The summed E-state index contributed by atoms with van der Waals surface area (Å²) in [5, 5.41) is 6.84. The van der Waals surface area contributed by atoms with Gasteiger partial charge in [-0.25, -0.2) is 4.98 Å². The molecule has 1 aliphatic rings. The Morgan fingerprint density at radius 2 is 1.90 bits per heavy atom. The van der Waals surface area contributed by atoms with Gasteiger partial charge in [-0.2, -0.15) is 5.10 Å². The molecule has 6 heteroatoms. The Balaban J connectivity index is 1.25. The number of amides is 1. The number of carbonyl (C=O) groups is 1. The molecule has 0 unspecified atom stereocenters. The highest BCUT2D eigenvalue weighted by Crippen LogP contribution is 2.25. The highest BCUT2D eigenvalue weighted by atomic mass is 16.2. The minimum absolute atomic E-state index is 0.145. The lowest BCUT2D eigenvalue weighted by molar-refractivity contribution is 0.0683. The fourth-order valence-electron chi connectivity index (χ4n) is 4.15. The Morgan fingerprint density at radius 3 is 2.66 bits per heavy atom. The predicted molar refractivity (Wildman–Crippen MR) is 112 cm³/mol. The molecule has 0 atom stereocenters. The van der Waals surface area contributed by atoms with Gasteiger partial charge in [0.2, 0.25) is 0 Å². The van der Waals surface area contributed by atoms with Crippen LogP contribution in [0.25, 0.3) is 22.3 Å². The van der Waals surface area contributed by atoms with Crippen LogP contribution in [0.15, 0.2) is 67.1 Å². The van der Waals surface area contributed by atoms with Crippen molar-refractivity contribution >= 4 is 16.9 Å². The van der Waals surface area contributed by atoms with Gasteiger partial charge in [0.15, 0.2) is 0 Å². The maximum Gasteiger partial charge on any atom is 0.253 e. The fourth-order valence-corrected chi connectivity index (χ4v) is 4.15. The number of H-pyrrole nitrogens is 1. The van der Waals surface area contributed by atoms with Crippen LogP contribution in [0.4, 0.5) is 0 Å². The first-order valence-corrected chi connectivity index (χ1v) is 10.1. The molecular formula is C23H23N5O. The zero-order valence-electron chi connectivity index (χ0n) is 16.2. The molecule has 1 aromatic carbocycles. The summed E-state index contributed by atoms with van der Waals surface area (Å²) in [6.45, 7) is 2.60. The van der Waals surface area contributed by atoms with Crippen LogP contribution >= 0.6 is 0 Å². The third-order valence-electron chi connectivity index (χ3n) is 5.80. The first kappa shape index (κ1) is 17.7. The summed E-state index contributed by atoms with van der Waals surface area (Å²) < 4.78 is 2.29. The number of hydrogen-bond acceptors (Lipinski definition) is 3. The van der Waals surface area contributed by atoms with Crippen molar-refractivity contribution < 1.29 is 4.79 Å². The van der Waals surface area contributed by atoms with Crippen molar-refractivity contribution in [2.24, 2.45) is 5.92 Å². The molecule has 0 radical (unpaired) electrons. The summed E-state index contributed by atoms with van der Waals surface area (Å²) in [6, 6.07) is 15.8. The Bertz CT molecular complexity index is 1110. The minimum atomic E-state index is 0.145. The Labute approximate surface area is 169 Å². The average Bonchev–Trinajstić information content (AvgIpc) is 3.45. The Morgan fingerprint density at radius 1 is 1.07 bits per heavy atom. The molecule has 1 saturated heterocycles. The van der Waals surface area contributed by atoms with Gasteiger partial charge in [-0.05, 0) is 49.1 Å². The van der Waals surface area contributed by atoms with Crippen molar-refractivity contribution in [3.63, 3.8) is 0 Å². The van der Waals surface area contributed by atoms with E-state index in [0.717, 1.165) is 60.3 Å². The van der Waals surface area contributed by atoms with E-state index in [-0.39, 0.29) is 5.91 Å². The van der Waals surface area contributed by atoms with Gasteiger partial charge >= 0.3 is 0 Å². The van der Waals surface area contributed by atoms with E-state index in [1.54, 1.807) is 6.20 Å². The second kappa shape index (κ2) is 7.54. The Hall–Kier alpha value is -3.41. The van der Waals surface area contributed by atoms with Crippen molar-refractivity contribution in [2.75, 3.05) is 13.1 Å². The molecule has 0 saturated carbocycles. The molecule has 5 rings (SSSR count). The molecule has 1 amide bonds. The molecular weight excluding hydrogens is 362 g/mol. The first-order chi connectivity index (χ1) is 14.3. The van der Waals surface area contributed by atoms with Crippen LogP contribution in [0.2, 0.25) is 0 Å². The molecule has 1 N–H and O–H groups in total. The lowest BCUT2D eigenvalue weighted by Gasteiger charge is -2.32. The summed E-state index contributed by atoms with van der Waals surface area (Å²) >= 11 is 0. The van der Waals surface area contributed by atoms with Gasteiger partial charge in [0.1, 0.15) is 0 Å². The van der Waals surface area contributed by atoms with Crippen LogP contribution in [-0.4, -0.2) is 43.6 Å². The number of aromatic amines is 1. The molecule has 4 heterocycles. The van der Waals surface area contributed by atoms with Crippen LogP contribution in [0.5, 0.6) is 0 Å². The van der Waals surface area contributed by atoms with E-state index < -0.39 is 0 Å². The fraction of sp³-hybridized carbons (Fsp3) is 0.261. The lowest BCUT2D eigenvalue weighted by Crippen LogP contribution is -2.39. The number of aromatic nitrogens is 4. The van der Waals surface area contributed by atoms with Crippen LogP contribution in [0.3, 0.4) is 0 Å². The van der Waals surface area contributed by atoms with Crippen molar-refractivity contribution in [1.82, 2.24) is 24.6 Å². The third-order valence-corrected chi connectivity index (χ3v) is 5.80. The van der Waals surface area contributed by atoms with E-state index >= 15 is 0 Å². The number of piperidine rings is 1. The number of rotatable bonds is 4. The van der Waals surface area contributed by atoms with Gasteiger partial charge in [-0.3, -0.25) is 9.89 Å². The minimum Gasteiger partial charge on any atom is -0.346 e. The number of nitrogens with one attached hydrogen (secondary N) is 1. The number of nitrogens with zero attached hydrogens (tertiary/aromatic N) is 4. The van der Waals surface area contributed by atoms with Crippen LogP contribution in [-0.2, 0) is 6.54 Å². The highest BCUT2D eigenvalue weighted by molar-refractivity contribution is 5.94. The van der Waals surface area contributed by atoms with Gasteiger partial charge < -0.3 is 9.47 Å². The average molecular weight is 385 g/mol. The van der Waals surface area contributed by atoms with E-state index in [9.17, 15) is 4.79 Å². The number of benzene rings is 1. The summed E-state index contributed by atoms with van der Waals surface area (Å²) in [5.74, 6) is 0.713. The maximum absolute atomic E-state index is 12.6. The van der Waals surface area contributed by atoms with Gasteiger partial charge in [0.05, 0.1) is 22.9 Å². The number of hydrogen-bond donors (Lipinski definition) is 1. The monoisotopic (exact) mass is 385 g/mol. The van der Waals surface area contributed by atoms with E-state index in [0.29, 0.717) is 5.92 Å². The first-order valence-electron chi connectivity index (χ1n) is 10.1. The van der Waals surface area contributed by atoms with E-state index in [4.69, 9.17) is 4.98 Å². The summed E-state index contributed by atoms with van der Waals surface area (Å²) in [6.07, 6.45) is 7.82. The molecule has 0 aliphatic carbocycles. The van der Waals surface area contributed by atoms with Crippen molar-refractivity contribution in [3.05, 3.63) is 72.7 Å². The Kier molecular flexibility index (Phi) is 4.60. The topological polar surface area (TPSA) is 66.8 Å². The quantitative estimate of drug-likeness (QED) is 0.578. The van der Waals surface area contributed by atoms with Crippen molar-refractivity contribution in [3.8, 4) is 11.3 Å². The summed E-state index contributed by atoms with van der Waals surface area (Å²) in [4.78, 5) is 19.4. The van der Waals surface area contributed by atoms with Gasteiger partial charge in [0.25, 0.3) is 5.91 Å². The highest BCUT2D eigenvalue weighted by Gasteiger charge is 2.24. The van der Waals surface area contributed by atoms with Gasteiger partial charge in [0, 0.05) is 43.2 Å². The van der Waals surface area contributed by atoms with E-state index in [2.05, 4.69) is 33.1 Å².